The van der Waals surface area contributed by atoms with Crippen molar-refractivity contribution in [1.29, 1.82) is 0 Å². The normalized spacial score (nSPS) is 10.7. The molecule has 118 valence electrons. The molecule has 0 fully saturated rings. The zero-order valence-electron chi connectivity index (χ0n) is 13.3. The van der Waals surface area contributed by atoms with Crippen molar-refractivity contribution in [2.45, 2.75) is 27.4 Å². The molecule has 0 bridgehead atoms. The highest BCUT2D eigenvalue weighted by molar-refractivity contribution is 5.45. The van der Waals surface area contributed by atoms with Crippen molar-refractivity contribution in [1.82, 2.24) is 20.2 Å². The minimum absolute atomic E-state index is 0.352. The molecule has 1 N–H and O–H groups in total. The van der Waals surface area contributed by atoms with Gasteiger partial charge in [0, 0.05) is 5.56 Å². The van der Waals surface area contributed by atoms with Gasteiger partial charge in [-0.15, -0.1) is 0 Å². The van der Waals surface area contributed by atoms with Gasteiger partial charge in [-0.25, -0.2) is 9.89 Å². The first-order valence-corrected chi connectivity index (χ1v) is 7.35. The molecule has 23 heavy (non-hydrogen) atoms. The summed E-state index contributed by atoms with van der Waals surface area (Å²) in [6.45, 7) is 6.40. The van der Waals surface area contributed by atoms with Gasteiger partial charge in [0.15, 0.2) is 0 Å². The topological polar surface area (TPSA) is 72.8 Å². The van der Waals surface area contributed by atoms with Gasteiger partial charge in [0.2, 0.25) is 0 Å². The molecule has 0 radical (unpaired) electrons. The minimum Gasteiger partial charge on any atom is -0.489 e. The Balaban J connectivity index is 1.94. The van der Waals surface area contributed by atoms with Crippen LogP contribution >= 0.6 is 0 Å². The van der Waals surface area contributed by atoms with Crippen LogP contribution in [0.4, 0.5) is 0 Å². The summed E-state index contributed by atoms with van der Waals surface area (Å²) in [6, 6.07) is 11.8. The second-order valence-corrected chi connectivity index (χ2v) is 5.55. The number of hydrogen-bond acceptors (Lipinski definition) is 4. The third-order valence-electron chi connectivity index (χ3n) is 3.79. The Morgan fingerprint density at radius 1 is 1.13 bits per heavy atom. The molecule has 0 saturated carbocycles. The zero-order valence-corrected chi connectivity index (χ0v) is 13.3. The number of nitrogens with one attached hydrogen (secondary N) is 1. The Morgan fingerprint density at radius 2 is 1.96 bits per heavy atom. The van der Waals surface area contributed by atoms with Crippen molar-refractivity contribution in [3.63, 3.8) is 0 Å². The summed E-state index contributed by atoms with van der Waals surface area (Å²) in [4.78, 5) is 11.8. The second-order valence-electron chi connectivity index (χ2n) is 5.55. The third kappa shape index (κ3) is 3.01. The fourth-order valence-electron chi connectivity index (χ4n) is 2.54. The van der Waals surface area contributed by atoms with Crippen LogP contribution in [-0.4, -0.2) is 20.2 Å². The molecular formula is C17H18N4O2. The summed E-state index contributed by atoms with van der Waals surface area (Å²) >= 11 is 0. The number of aromatic amines is 1. The van der Waals surface area contributed by atoms with Gasteiger partial charge in [0.1, 0.15) is 12.4 Å². The maximum Gasteiger partial charge on any atom is 0.365 e. The van der Waals surface area contributed by atoms with Gasteiger partial charge in [-0.05, 0) is 54.5 Å². The molecule has 3 aromatic rings. The fourth-order valence-corrected chi connectivity index (χ4v) is 2.54. The molecule has 0 aliphatic rings. The van der Waals surface area contributed by atoms with E-state index in [4.69, 9.17) is 4.74 Å². The quantitative estimate of drug-likeness (QED) is 0.803. The zero-order chi connectivity index (χ0) is 16.4. The number of aryl methyl sites for hydroxylation is 3. The Bertz CT molecular complexity index is 896. The number of aromatic nitrogens is 4. The van der Waals surface area contributed by atoms with E-state index in [1.807, 2.05) is 51.1 Å². The largest absolute Gasteiger partial charge is 0.489 e. The first-order chi connectivity index (χ1) is 11.1. The van der Waals surface area contributed by atoms with Gasteiger partial charge in [-0.2, -0.15) is 4.68 Å². The highest BCUT2D eigenvalue weighted by Crippen LogP contribution is 2.23. The van der Waals surface area contributed by atoms with E-state index in [0.717, 1.165) is 22.4 Å². The lowest BCUT2D eigenvalue weighted by Crippen LogP contribution is -2.18. The first-order valence-electron chi connectivity index (χ1n) is 7.35. The molecular weight excluding hydrogens is 292 g/mol. The summed E-state index contributed by atoms with van der Waals surface area (Å²) in [7, 11) is 0. The van der Waals surface area contributed by atoms with Gasteiger partial charge in [0.05, 0.1) is 5.69 Å². The molecule has 6 nitrogen and oxygen atoms in total. The number of ether oxygens (including phenoxy) is 1. The third-order valence-corrected chi connectivity index (χ3v) is 3.79. The molecule has 0 atom stereocenters. The standard InChI is InChI=1S/C17H18N4O2/c1-11-7-8-16(13(3)9-11)23-10-14-12(2)5-4-6-15(14)21-17(22)18-19-20-21/h4-9H,10H2,1-3H3,(H,18,20,22). The molecule has 0 unspecified atom stereocenters. The molecule has 0 saturated heterocycles. The van der Waals surface area contributed by atoms with Crippen LogP contribution in [0.15, 0.2) is 41.2 Å². The monoisotopic (exact) mass is 310 g/mol. The van der Waals surface area contributed by atoms with Crippen molar-refractivity contribution in [3.8, 4) is 11.4 Å². The van der Waals surface area contributed by atoms with Gasteiger partial charge >= 0.3 is 5.69 Å². The summed E-state index contributed by atoms with van der Waals surface area (Å²) in [6.07, 6.45) is 0. The van der Waals surface area contributed by atoms with Crippen LogP contribution in [0.2, 0.25) is 0 Å². The number of rotatable bonds is 4. The Labute approximate surface area is 133 Å². The average Bonchev–Trinajstić information content (AvgIpc) is 2.93. The second kappa shape index (κ2) is 6.08. The van der Waals surface area contributed by atoms with E-state index in [0.29, 0.717) is 12.3 Å². The van der Waals surface area contributed by atoms with Crippen LogP contribution in [0.1, 0.15) is 22.3 Å². The van der Waals surface area contributed by atoms with E-state index in [1.54, 1.807) is 0 Å². The molecule has 1 heterocycles. The Morgan fingerprint density at radius 3 is 2.65 bits per heavy atom. The number of H-pyrrole nitrogens is 1. The minimum atomic E-state index is -0.372. The number of benzene rings is 2. The highest BCUT2D eigenvalue weighted by Gasteiger charge is 2.12. The lowest BCUT2D eigenvalue weighted by molar-refractivity contribution is 0.302. The predicted octanol–water partition coefficient (Wildman–Crippen LogP) is 2.46. The fraction of sp³-hybridized carbons (Fsp3) is 0.235. The van der Waals surface area contributed by atoms with E-state index in [2.05, 4.69) is 21.6 Å². The average molecular weight is 310 g/mol. The summed E-state index contributed by atoms with van der Waals surface area (Å²) < 4.78 is 7.21. The van der Waals surface area contributed by atoms with Crippen LogP contribution in [-0.2, 0) is 6.61 Å². The smallest absolute Gasteiger partial charge is 0.365 e. The molecule has 0 spiro atoms. The van der Waals surface area contributed by atoms with Gasteiger partial charge in [-0.3, -0.25) is 0 Å². The van der Waals surface area contributed by atoms with Crippen molar-refractivity contribution >= 4 is 0 Å². The van der Waals surface area contributed by atoms with Crippen molar-refractivity contribution in [2.75, 3.05) is 0 Å². The maximum absolute atomic E-state index is 11.8. The molecule has 6 heteroatoms. The molecule has 1 aromatic heterocycles. The molecule has 0 aliphatic heterocycles. The van der Waals surface area contributed by atoms with Crippen LogP contribution in [0.25, 0.3) is 5.69 Å². The van der Waals surface area contributed by atoms with Crippen LogP contribution in [0.3, 0.4) is 0 Å². The van der Waals surface area contributed by atoms with Crippen LogP contribution in [0.5, 0.6) is 5.75 Å². The van der Waals surface area contributed by atoms with E-state index in [1.165, 1.54) is 10.2 Å². The van der Waals surface area contributed by atoms with Gasteiger partial charge < -0.3 is 4.74 Å². The maximum atomic E-state index is 11.8. The van der Waals surface area contributed by atoms with Crippen LogP contribution < -0.4 is 10.4 Å². The summed E-state index contributed by atoms with van der Waals surface area (Å²) in [5, 5.41) is 9.67. The van der Waals surface area contributed by atoms with Crippen LogP contribution in [0, 0.1) is 20.8 Å². The number of nitrogens with zero attached hydrogens (tertiary/aromatic N) is 3. The SMILES string of the molecule is Cc1ccc(OCc2c(C)cccc2-n2nn[nH]c2=O)c(C)c1. The molecule has 2 aromatic carbocycles. The Hall–Kier alpha value is -2.89. The number of hydrogen-bond donors (Lipinski definition) is 1. The van der Waals surface area contributed by atoms with Gasteiger partial charge in [0.25, 0.3) is 0 Å². The molecule has 0 amide bonds. The van der Waals surface area contributed by atoms with E-state index in [-0.39, 0.29) is 5.69 Å². The number of tetrazole rings is 1. The van der Waals surface area contributed by atoms with Crippen molar-refractivity contribution in [3.05, 3.63) is 69.1 Å². The van der Waals surface area contributed by atoms with E-state index < -0.39 is 0 Å². The summed E-state index contributed by atoms with van der Waals surface area (Å²) in [5.74, 6) is 0.831. The molecule has 0 aliphatic carbocycles. The van der Waals surface area contributed by atoms with E-state index in [9.17, 15) is 4.79 Å². The first kappa shape index (κ1) is 15.0. The Kier molecular flexibility index (Phi) is 3.97. The lowest BCUT2D eigenvalue weighted by atomic mass is 10.1. The van der Waals surface area contributed by atoms with E-state index >= 15 is 0 Å². The van der Waals surface area contributed by atoms with Gasteiger partial charge in [-0.1, -0.05) is 29.8 Å². The molecule has 3 rings (SSSR count). The lowest BCUT2D eigenvalue weighted by Gasteiger charge is -2.14. The summed E-state index contributed by atoms with van der Waals surface area (Å²) in [5.41, 5.74) is 4.52. The van der Waals surface area contributed by atoms with Crippen molar-refractivity contribution < 1.29 is 4.74 Å². The highest BCUT2D eigenvalue weighted by atomic mass is 16.5. The predicted molar refractivity (Wildman–Crippen MR) is 87.0 cm³/mol. The van der Waals surface area contributed by atoms with Crippen molar-refractivity contribution in [2.24, 2.45) is 0 Å².